The van der Waals surface area contributed by atoms with Crippen LogP contribution in [0.2, 0.25) is 0 Å². The number of nitrogens with zero attached hydrogens (tertiary/aromatic N) is 4. The fourth-order valence-electron chi connectivity index (χ4n) is 1.58. The number of hydrogen-bond donors (Lipinski definition) is 0. The summed E-state index contributed by atoms with van der Waals surface area (Å²) in [5.74, 6) is 1.41. The minimum Gasteiger partial charge on any atom is -0.497 e. The molecular formula is C10H8N4O. The summed E-state index contributed by atoms with van der Waals surface area (Å²) in [4.78, 5) is 8.20. The van der Waals surface area contributed by atoms with Gasteiger partial charge in [0.2, 0.25) is 0 Å². The van der Waals surface area contributed by atoms with Crippen LogP contribution < -0.4 is 4.74 Å². The second-order valence-corrected chi connectivity index (χ2v) is 3.15. The lowest BCUT2D eigenvalue weighted by molar-refractivity contribution is 0.415. The third-order valence-electron chi connectivity index (χ3n) is 2.31. The number of fused-ring (bicyclic) bond motifs is 3. The van der Waals surface area contributed by atoms with Gasteiger partial charge in [0.25, 0.3) is 5.78 Å². The van der Waals surface area contributed by atoms with Crippen molar-refractivity contribution in [3.8, 4) is 5.75 Å². The molecule has 0 aliphatic rings. The lowest BCUT2D eigenvalue weighted by atomic mass is 10.2. The smallest absolute Gasteiger partial charge is 0.252 e. The molecule has 0 bridgehead atoms. The van der Waals surface area contributed by atoms with Gasteiger partial charge in [-0.3, -0.25) is 0 Å². The van der Waals surface area contributed by atoms with Crippen LogP contribution in [0.15, 0.2) is 30.7 Å². The molecule has 5 heteroatoms. The van der Waals surface area contributed by atoms with Crippen LogP contribution >= 0.6 is 0 Å². The summed E-state index contributed by atoms with van der Waals surface area (Å²) < 4.78 is 6.85. The van der Waals surface area contributed by atoms with Crippen molar-refractivity contribution in [3.63, 3.8) is 0 Å². The van der Waals surface area contributed by atoms with Gasteiger partial charge in [-0.2, -0.15) is 14.6 Å². The van der Waals surface area contributed by atoms with Crippen LogP contribution in [0.5, 0.6) is 5.75 Å². The SMILES string of the molecule is COc1ccc2c(cnc3ncnn32)c1. The van der Waals surface area contributed by atoms with Gasteiger partial charge in [0.1, 0.15) is 12.1 Å². The van der Waals surface area contributed by atoms with Crippen molar-refractivity contribution >= 4 is 16.7 Å². The molecule has 1 aromatic carbocycles. The average Bonchev–Trinajstić information content (AvgIpc) is 2.76. The zero-order valence-corrected chi connectivity index (χ0v) is 8.08. The topological polar surface area (TPSA) is 52.3 Å². The van der Waals surface area contributed by atoms with E-state index in [-0.39, 0.29) is 0 Å². The molecule has 2 aromatic heterocycles. The number of methoxy groups -OCH3 is 1. The molecule has 15 heavy (non-hydrogen) atoms. The number of rotatable bonds is 1. The molecule has 3 rings (SSSR count). The maximum absolute atomic E-state index is 5.14. The summed E-state index contributed by atoms with van der Waals surface area (Å²) in [5, 5.41) is 5.08. The molecule has 3 aromatic rings. The minimum absolute atomic E-state index is 0.604. The molecular weight excluding hydrogens is 192 g/mol. The highest BCUT2D eigenvalue weighted by molar-refractivity contribution is 5.81. The van der Waals surface area contributed by atoms with Gasteiger partial charge < -0.3 is 4.74 Å². The first-order chi connectivity index (χ1) is 7.38. The summed E-state index contributed by atoms with van der Waals surface area (Å²) in [7, 11) is 1.64. The minimum atomic E-state index is 0.604. The van der Waals surface area contributed by atoms with Crippen LogP contribution in [0, 0.1) is 0 Å². The molecule has 0 aliphatic carbocycles. The Kier molecular flexibility index (Phi) is 1.58. The van der Waals surface area contributed by atoms with Crippen molar-refractivity contribution < 1.29 is 4.74 Å². The average molecular weight is 200 g/mol. The third kappa shape index (κ3) is 1.13. The fourth-order valence-corrected chi connectivity index (χ4v) is 1.58. The monoisotopic (exact) mass is 200 g/mol. The van der Waals surface area contributed by atoms with Crippen LogP contribution in [0.4, 0.5) is 0 Å². The highest BCUT2D eigenvalue weighted by Gasteiger charge is 2.03. The van der Waals surface area contributed by atoms with Crippen LogP contribution in [0.1, 0.15) is 0 Å². The number of ether oxygens (including phenoxy) is 1. The van der Waals surface area contributed by atoms with Gasteiger partial charge >= 0.3 is 0 Å². The largest absolute Gasteiger partial charge is 0.497 e. The van der Waals surface area contributed by atoms with Gasteiger partial charge in [0.05, 0.1) is 12.6 Å². The number of aromatic nitrogens is 4. The van der Waals surface area contributed by atoms with Crippen LogP contribution in [0.3, 0.4) is 0 Å². The molecule has 2 heterocycles. The highest BCUT2D eigenvalue weighted by atomic mass is 16.5. The molecule has 0 radical (unpaired) electrons. The van der Waals surface area contributed by atoms with Gasteiger partial charge in [-0.25, -0.2) is 4.98 Å². The van der Waals surface area contributed by atoms with Crippen molar-refractivity contribution in [1.82, 2.24) is 19.6 Å². The first kappa shape index (κ1) is 8.16. The maximum atomic E-state index is 5.14. The standard InChI is InChI=1S/C10H8N4O/c1-15-8-2-3-9-7(4-8)5-11-10-12-6-13-14(9)10/h2-6H,1H3. The van der Waals surface area contributed by atoms with E-state index in [0.29, 0.717) is 5.78 Å². The van der Waals surface area contributed by atoms with E-state index in [1.807, 2.05) is 18.2 Å². The lowest BCUT2D eigenvalue weighted by Crippen LogP contribution is -1.93. The molecule has 0 unspecified atom stereocenters. The Hall–Kier alpha value is -2.17. The molecule has 0 fully saturated rings. The van der Waals surface area contributed by atoms with Crippen LogP contribution in [-0.4, -0.2) is 26.7 Å². The molecule has 0 amide bonds. The maximum Gasteiger partial charge on any atom is 0.252 e. The Balaban J connectivity index is 2.44. The lowest BCUT2D eigenvalue weighted by Gasteiger charge is -2.02. The summed E-state index contributed by atoms with van der Waals surface area (Å²) >= 11 is 0. The van der Waals surface area contributed by atoms with Gasteiger partial charge in [-0.1, -0.05) is 0 Å². The second kappa shape index (κ2) is 2.91. The normalized spacial score (nSPS) is 11.0. The highest BCUT2D eigenvalue weighted by Crippen LogP contribution is 2.19. The predicted octanol–water partition coefficient (Wildman–Crippen LogP) is 1.29. The summed E-state index contributed by atoms with van der Waals surface area (Å²) in [6.07, 6.45) is 3.26. The quantitative estimate of drug-likeness (QED) is 0.593. The summed E-state index contributed by atoms with van der Waals surface area (Å²) in [5.41, 5.74) is 0.971. The Morgan fingerprint density at radius 3 is 3.07 bits per heavy atom. The van der Waals surface area contributed by atoms with E-state index < -0.39 is 0 Å². The van der Waals surface area contributed by atoms with E-state index >= 15 is 0 Å². The molecule has 0 saturated heterocycles. The number of hydrogen-bond acceptors (Lipinski definition) is 4. The van der Waals surface area contributed by atoms with Gasteiger partial charge in [0.15, 0.2) is 0 Å². The van der Waals surface area contributed by atoms with Gasteiger partial charge in [0, 0.05) is 11.6 Å². The molecule has 5 nitrogen and oxygen atoms in total. The predicted molar refractivity (Wildman–Crippen MR) is 54.8 cm³/mol. The second-order valence-electron chi connectivity index (χ2n) is 3.15. The summed E-state index contributed by atoms with van der Waals surface area (Å²) in [6.45, 7) is 0. The third-order valence-corrected chi connectivity index (χ3v) is 2.31. The van der Waals surface area contributed by atoms with E-state index in [9.17, 15) is 0 Å². The molecule has 0 spiro atoms. The van der Waals surface area contributed by atoms with E-state index in [4.69, 9.17) is 4.74 Å². The van der Waals surface area contributed by atoms with E-state index in [1.54, 1.807) is 17.8 Å². The zero-order chi connectivity index (χ0) is 10.3. The zero-order valence-electron chi connectivity index (χ0n) is 8.08. The first-order valence-corrected chi connectivity index (χ1v) is 4.51. The van der Waals surface area contributed by atoms with Gasteiger partial charge in [-0.15, -0.1) is 0 Å². The fraction of sp³-hybridized carbons (Fsp3) is 0.100. The Morgan fingerprint density at radius 1 is 1.27 bits per heavy atom. The van der Waals surface area contributed by atoms with Gasteiger partial charge in [-0.05, 0) is 18.2 Å². The Labute approximate surface area is 85.3 Å². The van der Waals surface area contributed by atoms with Crippen molar-refractivity contribution in [3.05, 3.63) is 30.7 Å². The van der Waals surface area contributed by atoms with E-state index in [0.717, 1.165) is 16.7 Å². The molecule has 0 aliphatic heterocycles. The van der Waals surface area contributed by atoms with E-state index in [2.05, 4.69) is 15.1 Å². The summed E-state index contributed by atoms with van der Waals surface area (Å²) in [6, 6.07) is 5.75. The first-order valence-electron chi connectivity index (χ1n) is 4.51. The Morgan fingerprint density at radius 2 is 2.20 bits per heavy atom. The van der Waals surface area contributed by atoms with E-state index in [1.165, 1.54) is 6.33 Å². The van der Waals surface area contributed by atoms with Crippen LogP contribution in [-0.2, 0) is 0 Å². The molecule has 0 saturated carbocycles. The molecule has 74 valence electrons. The van der Waals surface area contributed by atoms with Crippen molar-refractivity contribution in [2.24, 2.45) is 0 Å². The molecule has 0 atom stereocenters. The Bertz CT molecular complexity index is 631. The molecule has 0 N–H and O–H groups in total. The number of benzene rings is 1. The van der Waals surface area contributed by atoms with Crippen molar-refractivity contribution in [1.29, 1.82) is 0 Å². The van der Waals surface area contributed by atoms with Crippen LogP contribution in [0.25, 0.3) is 16.7 Å². The van der Waals surface area contributed by atoms with Crippen molar-refractivity contribution in [2.75, 3.05) is 7.11 Å². The van der Waals surface area contributed by atoms with Crippen molar-refractivity contribution in [2.45, 2.75) is 0 Å².